The zero-order chi connectivity index (χ0) is 12.3. The van der Waals surface area contributed by atoms with Crippen molar-refractivity contribution < 1.29 is 0 Å². The molecule has 5 nitrogen and oxygen atoms in total. The molecule has 0 aliphatic rings. The molecular weight excluding hydrogens is 216 g/mol. The zero-order valence-electron chi connectivity index (χ0n) is 10.1. The summed E-state index contributed by atoms with van der Waals surface area (Å²) in [6.07, 6.45) is 0. The summed E-state index contributed by atoms with van der Waals surface area (Å²) >= 11 is 0. The van der Waals surface area contributed by atoms with E-state index < -0.39 is 0 Å². The molecule has 0 radical (unpaired) electrons. The van der Waals surface area contributed by atoms with Crippen molar-refractivity contribution in [2.45, 2.75) is 26.4 Å². The van der Waals surface area contributed by atoms with Crippen molar-refractivity contribution in [2.24, 2.45) is 0 Å². The van der Waals surface area contributed by atoms with Crippen LogP contribution in [-0.2, 0) is 6.54 Å². The number of nitrogens with zero attached hydrogens (tertiary/aromatic N) is 3. The van der Waals surface area contributed by atoms with Crippen molar-refractivity contribution in [2.75, 3.05) is 6.54 Å². The Balaban J connectivity index is 2.36. The molecule has 0 saturated heterocycles. The molecule has 17 heavy (non-hydrogen) atoms. The van der Waals surface area contributed by atoms with Gasteiger partial charge in [0.25, 0.3) is 5.56 Å². The molecule has 90 valence electrons. The lowest BCUT2D eigenvalue weighted by Crippen LogP contribution is -2.35. The molecule has 0 fully saturated rings. The normalized spacial score (nSPS) is 12.8. The van der Waals surface area contributed by atoms with Crippen LogP contribution < -0.4 is 10.9 Å². The van der Waals surface area contributed by atoms with Crippen LogP contribution in [0.2, 0.25) is 0 Å². The summed E-state index contributed by atoms with van der Waals surface area (Å²) in [6, 6.07) is 7.46. The maximum Gasteiger partial charge on any atom is 0.277 e. The third-order valence-electron chi connectivity index (χ3n) is 2.63. The number of hydrogen-bond acceptors (Lipinski definition) is 4. The van der Waals surface area contributed by atoms with E-state index in [0.29, 0.717) is 17.4 Å². The van der Waals surface area contributed by atoms with Crippen LogP contribution >= 0.6 is 0 Å². The van der Waals surface area contributed by atoms with E-state index in [-0.39, 0.29) is 11.6 Å². The molecule has 1 aromatic heterocycles. The van der Waals surface area contributed by atoms with Crippen LogP contribution in [0.3, 0.4) is 0 Å². The summed E-state index contributed by atoms with van der Waals surface area (Å²) in [5.74, 6) is 0. The zero-order valence-corrected chi connectivity index (χ0v) is 10.1. The fourth-order valence-corrected chi connectivity index (χ4v) is 1.82. The Kier molecular flexibility index (Phi) is 3.49. The monoisotopic (exact) mass is 232 g/mol. The van der Waals surface area contributed by atoms with E-state index >= 15 is 0 Å². The van der Waals surface area contributed by atoms with Gasteiger partial charge >= 0.3 is 0 Å². The van der Waals surface area contributed by atoms with Crippen LogP contribution in [0.25, 0.3) is 10.9 Å². The number of benzene rings is 1. The summed E-state index contributed by atoms with van der Waals surface area (Å²) < 4.78 is 1.41. The largest absolute Gasteiger partial charge is 0.313 e. The van der Waals surface area contributed by atoms with Crippen molar-refractivity contribution >= 4 is 10.9 Å². The van der Waals surface area contributed by atoms with Gasteiger partial charge in [-0.3, -0.25) is 4.79 Å². The van der Waals surface area contributed by atoms with Gasteiger partial charge in [0.1, 0.15) is 5.52 Å². The first kappa shape index (κ1) is 11.7. The van der Waals surface area contributed by atoms with E-state index in [9.17, 15) is 4.79 Å². The second-order valence-corrected chi connectivity index (χ2v) is 4.05. The summed E-state index contributed by atoms with van der Waals surface area (Å²) in [6.45, 7) is 5.46. The average molecular weight is 232 g/mol. The molecule has 0 aliphatic heterocycles. The lowest BCUT2D eigenvalue weighted by molar-refractivity contribution is 0.436. The minimum absolute atomic E-state index is 0.0830. The van der Waals surface area contributed by atoms with Gasteiger partial charge in [0.2, 0.25) is 0 Å². The molecule has 1 N–H and O–H groups in total. The maximum atomic E-state index is 12.1. The van der Waals surface area contributed by atoms with Crippen molar-refractivity contribution in [1.29, 1.82) is 0 Å². The van der Waals surface area contributed by atoms with Gasteiger partial charge in [0.05, 0.1) is 11.9 Å². The number of nitrogens with one attached hydrogen (secondary N) is 1. The van der Waals surface area contributed by atoms with Crippen LogP contribution in [0.4, 0.5) is 0 Å². The van der Waals surface area contributed by atoms with Gasteiger partial charge in [-0.2, -0.15) is 0 Å². The van der Waals surface area contributed by atoms with Gasteiger partial charge in [-0.05, 0) is 25.6 Å². The van der Waals surface area contributed by atoms with Crippen LogP contribution in [0.15, 0.2) is 29.1 Å². The average Bonchev–Trinajstić information content (AvgIpc) is 2.33. The second-order valence-electron chi connectivity index (χ2n) is 4.05. The van der Waals surface area contributed by atoms with Gasteiger partial charge < -0.3 is 5.32 Å². The van der Waals surface area contributed by atoms with Gasteiger partial charge in [-0.25, -0.2) is 4.68 Å². The molecule has 2 aromatic rings. The molecule has 0 amide bonds. The molecular formula is C12H16N4O. The minimum Gasteiger partial charge on any atom is -0.313 e. The Hall–Kier alpha value is -1.75. The topological polar surface area (TPSA) is 59.8 Å². The molecule has 0 bridgehead atoms. The Bertz CT molecular complexity index is 564. The molecule has 2 rings (SSSR count). The number of hydrogen-bond donors (Lipinski definition) is 1. The highest BCUT2D eigenvalue weighted by Gasteiger charge is 2.07. The predicted molar refractivity (Wildman–Crippen MR) is 66.9 cm³/mol. The van der Waals surface area contributed by atoms with Crippen molar-refractivity contribution in [3.05, 3.63) is 34.6 Å². The predicted octanol–water partition coefficient (Wildman–Crippen LogP) is 0.789. The van der Waals surface area contributed by atoms with Crippen molar-refractivity contribution in [3.63, 3.8) is 0 Å². The summed E-state index contributed by atoms with van der Waals surface area (Å²) in [4.78, 5) is 12.1. The first-order chi connectivity index (χ1) is 8.22. The van der Waals surface area contributed by atoms with Gasteiger partial charge in [-0.1, -0.05) is 24.3 Å². The molecule has 0 saturated carbocycles. The third kappa shape index (κ3) is 2.50. The minimum atomic E-state index is -0.0830. The first-order valence-corrected chi connectivity index (χ1v) is 5.78. The molecule has 0 spiro atoms. The van der Waals surface area contributed by atoms with Crippen LogP contribution in [0, 0.1) is 0 Å². The standard InChI is InChI=1S/C12H16N4O/c1-3-13-9(2)8-16-12(17)10-6-4-5-7-11(10)14-15-16/h4-7,9,13H,3,8H2,1-2H3. The summed E-state index contributed by atoms with van der Waals surface area (Å²) in [5, 5.41) is 11.8. The van der Waals surface area contributed by atoms with Crippen molar-refractivity contribution in [3.8, 4) is 0 Å². The fraction of sp³-hybridized carbons (Fsp3) is 0.417. The maximum absolute atomic E-state index is 12.1. The summed E-state index contributed by atoms with van der Waals surface area (Å²) in [5.41, 5.74) is 0.560. The molecule has 1 atom stereocenters. The highest BCUT2D eigenvalue weighted by atomic mass is 16.1. The third-order valence-corrected chi connectivity index (χ3v) is 2.63. The quantitative estimate of drug-likeness (QED) is 0.846. The van der Waals surface area contributed by atoms with Crippen LogP contribution in [0.1, 0.15) is 13.8 Å². The smallest absolute Gasteiger partial charge is 0.277 e. The van der Waals surface area contributed by atoms with Gasteiger partial charge in [0, 0.05) is 6.04 Å². The SMILES string of the molecule is CCNC(C)Cn1nnc2ccccc2c1=O. The molecule has 0 aliphatic carbocycles. The Morgan fingerprint density at radius 2 is 2.18 bits per heavy atom. The fourth-order valence-electron chi connectivity index (χ4n) is 1.82. The summed E-state index contributed by atoms with van der Waals surface area (Å²) in [7, 11) is 0. The van der Waals surface area contributed by atoms with E-state index in [1.54, 1.807) is 12.1 Å². The second kappa shape index (κ2) is 5.05. The molecule has 1 unspecified atom stereocenters. The van der Waals surface area contributed by atoms with E-state index in [4.69, 9.17) is 0 Å². The van der Waals surface area contributed by atoms with Crippen LogP contribution in [0.5, 0.6) is 0 Å². The molecule has 1 heterocycles. The number of rotatable bonds is 4. The highest BCUT2D eigenvalue weighted by Crippen LogP contribution is 2.03. The number of likely N-dealkylation sites (N-methyl/N-ethyl adjacent to an activating group) is 1. The van der Waals surface area contributed by atoms with Gasteiger partial charge in [0.15, 0.2) is 0 Å². The van der Waals surface area contributed by atoms with Crippen molar-refractivity contribution in [1.82, 2.24) is 20.3 Å². The number of aromatic nitrogens is 3. The lowest BCUT2D eigenvalue weighted by Gasteiger charge is -2.12. The van der Waals surface area contributed by atoms with Crippen LogP contribution in [-0.4, -0.2) is 27.6 Å². The first-order valence-electron chi connectivity index (χ1n) is 5.78. The molecule has 1 aromatic carbocycles. The van der Waals surface area contributed by atoms with E-state index in [2.05, 4.69) is 15.6 Å². The molecule has 5 heteroatoms. The Labute approximate surface area is 99.5 Å². The Morgan fingerprint density at radius 3 is 2.94 bits per heavy atom. The van der Waals surface area contributed by atoms with E-state index in [1.165, 1.54) is 4.68 Å². The lowest BCUT2D eigenvalue weighted by atomic mass is 10.2. The number of fused-ring (bicyclic) bond motifs is 1. The Morgan fingerprint density at radius 1 is 1.41 bits per heavy atom. The van der Waals surface area contributed by atoms with E-state index in [0.717, 1.165) is 6.54 Å². The highest BCUT2D eigenvalue weighted by molar-refractivity contribution is 5.76. The van der Waals surface area contributed by atoms with Gasteiger partial charge in [-0.15, -0.1) is 5.10 Å². The van der Waals surface area contributed by atoms with E-state index in [1.807, 2.05) is 26.0 Å².